The van der Waals surface area contributed by atoms with Crippen molar-refractivity contribution in [3.05, 3.63) is 65.4 Å². The average Bonchev–Trinajstić information content (AvgIpc) is 2.92. The van der Waals surface area contributed by atoms with Crippen molar-refractivity contribution in [2.24, 2.45) is 0 Å². The fourth-order valence-corrected chi connectivity index (χ4v) is 4.07. The van der Waals surface area contributed by atoms with E-state index in [4.69, 9.17) is 14.2 Å². The number of ether oxygens (including phenoxy) is 3. The number of aromatic nitrogens is 1. The maximum absolute atomic E-state index is 13.1. The maximum atomic E-state index is 13.1. The lowest BCUT2D eigenvalue weighted by atomic mass is 10.1. The number of halogens is 1. The average molecular weight is 523 g/mol. The fraction of sp³-hybridized carbons (Fsp3) is 0.379. The SMILES string of the molecule is CCN(CF)CCC(C)Oc1ccc(NC(=O)c2ccc(C)c(Oc3ccnc4c3OCCN4)c2)cc1C. The summed E-state index contributed by atoms with van der Waals surface area (Å²) in [5.41, 5.74) is 2.91. The standard InChI is InChI=1S/C29H35FN4O4/c1-5-34(18-30)14-11-21(4)37-24-9-8-23(16-20(24)3)33-29(35)22-7-6-19(2)26(17-22)38-25-10-12-31-28-27(25)36-15-13-32-28/h6-10,12,16-17,21H,5,11,13-15,18H2,1-4H3,(H,31,32)(H,33,35). The Labute approximate surface area is 223 Å². The number of pyridine rings is 1. The number of benzene rings is 2. The number of nitrogens with one attached hydrogen (secondary N) is 2. The number of rotatable bonds is 11. The van der Waals surface area contributed by atoms with Crippen LogP contribution in [-0.4, -0.2) is 54.9 Å². The Morgan fingerprint density at radius 1 is 1.16 bits per heavy atom. The Kier molecular flexibility index (Phi) is 9.02. The smallest absolute Gasteiger partial charge is 0.255 e. The number of alkyl halides is 1. The van der Waals surface area contributed by atoms with Gasteiger partial charge in [0, 0.05) is 30.1 Å². The molecular formula is C29H35FN4O4. The second kappa shape index (κ2) is 12.6. The van der Waals surface area contributed by atoms with Gasteiger partial charge < -0.3 is 24.8 Å². The predicted octanol–water partition coefficient (Wildman–Crippen LogP) is 5.95. The minimum absolute atomic E-state index is 0.0621. The predicted molar refractivity (Wildman–Crippen MR) is 147 cm³/mol. The summed E-state index contributed by atoms with van der Waals surface area (Å²) in [6, 6.07) is 12.6. The summed E-state index contributed by atoms with van der Waals surface area (Å²) in [4.78, 5) is 19.1. The summed E-state index contributed by atoms with van der Waals surface area (Å²) in [7, 11) is 0. The van der Waals surface area contributed by atoms with Gasteiger partial charge in [0.05, 0.1) is 12.6 Å². The van der Waals surface area contributed by atoms with E-state index in [1.165, 1.54) is 0 Å². The molecule has 1 amide bonds. The van der Waals surface area contributed by atoms with Gasteiger partial charge in [0.15, 0.2) is 11.6 Å². The van der Waals surface area contributed by atoms with E-state index in [1.807, 2.05) is 52.0 Å². The normalized spacial score (nSPS) is 13.2. The van der Waals surface area contributed by atoms with Crippen LogP contribution in [0.5, 0.6) is 23.0 Å². The number of hydrogen-bond acceptors (Lipinski definition) is 7. The molecule has 1 aliphatic heterocycles. The number of hydrogen-bond donors (Lipinski definition) is 2. The van der Waals surface area contributed by atoms with Gasteiger partial charge in [-0.1, -0.05) is 13.0 Å². The Balaban J connectivity index is 1.41. The molecule has 4 rings (SSSR count). The molecule has 38 heavy (non-hydrogen) atoms. The number of nitrogens with zero attached hydrogens (tertiary/aromatic N) is 2. The van der Waals surface area contributed by atoms with Crippen LogP contribution in [0.3, 0.4) is 0 Å². The van der Waals surface area contributed by atoms with E-state index in [1.54, 1.807) is 29.3 Å². The first kappa shape index (κ1) is 27.2. The molecule has 2 aromatic carbocycles. The zero-order valence-electron chi connectivity index (χ0n) is 22.3. The largest absolute Gasteiger partial charge is 0.490 e. The van der Waals surface area contributed by atoms with Crippen molar-refractivity contribution in [3.63, 3.8) is 0 Å². The van der Waals surface area contributed by atoms with Gasteiger partial charge in [-0.25, -0.2) is 9.37 Å². The first-order valence-corrected chi connectivity index (χ1v) is 12.9. The highest BCUT2D eigenvalue weighted by atomic mass is 19.1. The molecular weight excluding hydrogens is 487 g/mol. The van der Waals surface area contributed by atoms with Crippen LogP contribution in [0, 0.1) is 13.8 Å². The third-order valence-corrected chi connectivity index (χ3v) is 6.41. The molecule has 0 saturated heterocycles. The third kappa shape index (κ3) is 6.72. The lowest BCUT2D eigenvalue weighted by molar-refractivity contribution is 0.102. The summed E-state index contributed by atoms with van der Waals surface area (Å²) < 4.78 is 30.9. The van der Waals surface area contributed by atoms with E-state index < -0.39 is 6.80 Å². The van der Waals surface area contributed by atoms with Crippen molar-refractivity contribution in [2.75, 3.05) is 43.7 Å². The molecule has 1 aliphatic rings. The third-order valence-electron chi connectivity index (χ3n) is 6.41. The van der Waals surface area contributed by atoms with Gasteiger partial charge in [0.2, 0.25) is 5.75 Å². The summed E-state index contributed by atoms with van der Waals surface area (Å²) in [5.74, 6) is 2.78. The fourth-order valence-electron chi connectivity index (χ4n) is 4.07. The van der Waals surface area contributed by atoms with E-state index in [-0.39, 0.29) is 12.0 Å². The molecule has 0 fully saturated rings. The van der Waals surface area contributed by atoms with Crippen LogP contribution in [0.4, 0.5) is 15.9 Å². The van der Waals surface area contributed by atoms with Gasteiger partial charge in [-0.2, -0.15) is 0 Å². The monoisotopic (exact) mass is 522 g/mol. The molecule has 0 spiro atoms. The molecule has 1 aromatic heterocycles. The van der Waals surface area contributed by atoms with Crippen molar-refractivity contribution in [1.82, 2.24) is 9.88 Å². The van der Waals surface area contributed by atoms with Crippen LogP contribution in [0.25, 0.3) is 0 Å². The van der Waals surface area contributed by atoms with Crippen LogP contribution in [0.2, 0.25) is 0 Å². The van der Waals surface area contributed by atoms with Gasteiger partial charge in [-0.3, -0.25) is 9.69 Å². The quantitative estimate of drug-likeness (QED) is 0.301. The molecule has 1 atom stereocenters. The first-order chi connectivity index (χ1) is 18.4. The van der Waals surface area contributed by atoms with Gasteiger partial charge in [-0.05, 0) is 75.2 Å². The molecule has 0 radical (unpaired) electrons. The molecule has 0 aliphatic carbocycles. The van der Waals surface area contributed by atoms with Crippen LogP contribution in [0.15, 0.2) is 48.7 Å². The van der Waals surface area contributed by atoms with Crippen molar-refractivity contribution in [2.45, 2.75) is 40.2 Å². The van der Waals surface area contributed by atoms with Gasteiger partial charge in [-0.15, -0.1) is 0 Å². The molecule has 0 bridgehead atoms. The Morgan fingerprint density at radius 3 is 2.76 bits per heavy atom. The topological polar surface area (TPSA) is 85.0 Å². The lowest BCUT2D eigenvalue weighted by Gasteiger charge is -2.21. The Bertz CT molecular complexity index is 1270. The summed E-state index contributed by atoms with van der Waals surface area (Å²) in [6.45, 7) is 9.82. The van der Waals surface area contributed by atoms with E-state index in [9.17, 15) is 9.18 Å². The van der Waals surface area contributed by atoms with E-state index in [0.29, 0.717) is 60.6 Å². The maximum Gasteiger partial charge on any atom is 0.255 e. The number of anilines is 2. The summed E-state index contributed by atoms with van der Waals surface area (Å²) >= 11 is 0. The van der Waals surface area contributed by atoms with E-state index in [0.717, 1.165) is 23.3 Å². The summed E-state index contributed by atoms with van der Waals surface area (Å²) in [5, 5.41) is 6.14. The second-order valence-electron chi connectivity index (χ2n) is 9.33. The Morgan fingerprint density at radius 2 is 2.00 bits per heavy atom. The number of aryl methyl sites for hydroxylation is 2. The number of fused-ring (bicyclic) bond motifs is 1. The van der Waals surface area contributed by atoms with Crippen LogP contribution in [0.1, 0.15) is 41.8 Å². The molecule has 202 valence electrons. The molecule has 0 saturated carbocycles. The second-order valence-corrected chi connectivity index (χ2v) is 9.33. The molecule has 9 heteroatoms. The van der Waals surface area contributed by atoms with Gasteiger partial charge in [0.1, 0.15) is 24.9 Å². The molecule has 2 N–H and O–H groups in total. The zero-order valence-corrected chi connectivity index (χ0v) is 22.3. The van der Waals surface area contributed by atoms with Crippen LogP contribution in [-0.2, 0) is 0 Å². The van der Waals surface area contributed by atoms with Crippen molar-refractivity contribution in [1.29, 1.82) is 0 Å². The van der Waals surface area contributed by atoms with Crippen molar-refractivity contribution < 1.29 is 23.4 Å². The van der Waals surface area contributed by atoms with Crippen LogP contribution >= 0.6 is 0 Å². The molecule has 8 nitrogen and oxygen atoms in total. The number of carbonyl (C=O) groups is 1. The van der Waals surface area contributed by atoms with Crippen LogP contribution < -0.4 is 24.8 Å². The van der Waals surface area contributed by atoms with Crippen molar-refractivity contribution >= 4 is 17.4 Å². The van der Waals surface area contributed by atoms with Gasteiger partial charge in [0.25, 0.3) is 5.91 Å². The van der Waals surface area contributed by atoms with Gasteiger partial charge >= 0.3 is 0 Å². The highest BCUT2D eigenvalue weighted by Crippen LogP contribution is 2.39. The lowest BCUT2D eigenvalue weighted by Crippen LogP contribution is -2.27. The molecule has 3 aromatic rings. The van der Waals surface area contributed by atoms with E-state index in [2.05, 4.69) is 15.6 Å². The minimum atomic E-state index is -0.456. The minimum Gasteiger partial charge on any atom is -0.490 e. The molecule has 1 unspecified atom stereocenters. The first-order valence-electron chi connectivity index (χ1n) is 12.9. The number of carbonyl (C=O) groups excluding carboxylic acids is 1. The van der Waals surface area contributed by atoms with Crippen molar-refractivity contribution in [3.8, 4) is 23.0 Å². The zero-order chi connectivity index (χ0) is 27.1. The van der Waals surface area contributed by atoms with E-state index >= 15 is 0 Å². The summed E-state index contributed by atoms with van der Waals surface area (Å²) in [6.07, 6.45) is 2.31. The Hall–Kier alpha value is -3.85. The molecule has 2 heterocycles. The highest BCUT2D eigenvalue weighted by molar-refractivity contribution is 6.04. The highest BCUT2D eigenvalue weighted by Gasteiger charge is 2.19. The number of amides is 1.